The van der Waals surface area contributed by atoms with Crippen LogP contribution in [0.2, 0.25) is 0 Å². The number of nitrogens with zero attached hydrogens (tertiary/aromatic N) is 8. The molecular formula is C26H31N9O2. The molecule has 11 heteroatoms. The number of hydrogen-bond donors (Lipinski definition) is 1. The van der Waals surface area contributed by atoms with E-state index in [1.54, 1.807) is 0 Å². The zero-order valence-electron chi connectivity index (χ0n) is 21.0. The number of nitrogens with one attached hydrogen (secondary N) is 1. The van der Waals surface area contributed by atoms with Crippen molar-refractivity contribution in [3.63, 3.8) is 0 Å². The van der Waals surface area contributed by atoms with Gasteiger partial charge in [0.05, 0.1) is 32.2 Å². The minimum atomic E-state index is -0.477. The molecule has 11 nitrogen and oxygen atoms in total. The van der Waals surface area contributed by atoms with Gasteiger partial charge in [0, 0.05) is 32.0 Å². The highest BCUT2D eigenvalue weighted by molar-refractivity contribution is 5.85. The minimum absolute atomic E-state index is 0.477. The van der Waals surface area contributed by atoms with Crippen LogP contribution in [0, 0.1) is 5.92 Å². The van der Waals surface area contributed by atoms with Gasteiger partial charge in [-0.15, -0.1) is 0 Å². The summed E-state index contributed by atoms with van der Waals surface area (Å²) in [5, 5.41) is 11.7. The Hall–Kier alpha value is -3.31. The van der Waals surface area contributed by atoms with E-state index >= 15 is 0 Å². The van der Waals surface area contributed by atoms with Crippen molar-refractivity contribution in [2.75, 3.05) is 37.8 Å². The van der Waals surface area contributed by atoms with Crippen molar-refractivity contribution < 1.29 is 9.47 Å². The Labute approximate surface area is 214 Å². The average Bonchev–Trinajstić information content (AvgIpc) is 3.70. The fourth-order valence-electron chi connectivity index (χ4n) is 6.18. The van der Waals surface area contributed by atoms with Crippen LogP contribution in [0.5, 0.6) is 0 Å². The van der Waals surface area contributed by atoms with Crippen molar-refractivity contribution >= 4 is 17.0 Å². The van der Waals surface area contributed by atoms with Crippen molar-refractivity contribution in [3.05, 3.63) is 41.7 Å². The second-order valence-electron chi connectivity index (χ2n) is 11.1. The van der Waals surface area contributed by atoms with Gasteiger partial charge >= 0.3 is 0 Å². The first kappa shape index (κ1) is 21.7. The van der Waals surface area contributed by atoms with Gasteiger partial charge in [0.25, 0.3) is 5.95 Å². The molecule has 4 aromatic heterocycles. The number of H-pyrrole nitrogens is 1. The number of aromatic nitrogens is 8. The van der Waals surface area contributed by atoms with E-state index in [0.29, 0.717) is 43.5 Å². The largest absolute Gasteiger partial charge is 0.378 e. The molecule has 3 fully saturated rings. The standard InChI is InChI=1S/C26H31N9O2/c1-26(11-17-10-20(17)18-12-27-28-13-18)24-30-21-22(33-4-7-36-8-5-33)31-25(32-23(21)34(24)6-9-37-26)35-15-19(14-29-35)16-2-3-16/h12-17,20H,2-11H2,1H3,(H,27,28). The molecule has 192 valence electrons. The van der Waals surface area contributed by atoms with E-state index in [1.807, 2.05) is 23.3 Å². The Bertz CT molecular complexity index is 1450. The zero-order valence-corrected chi connectivity index (χ0v) is 21.0. The highest BCUT2D eigenvalue weighted by atomic mass is 16.5. The predicted molar refractivity (Wildman–Crippen MR) is 135 cm³/mol. The van der Waals surface area contributed by atoms with Crippen LogP contribution in [-0.4, -0.2) is 72.4 Å². The smallest absolute Gasteiger partial charge is 0.254 e. The van der Waals surface area contributed by atoms with Crippen LogP contribution < -0.4 is 4.90 Å². The van der Waals surface area contributed by atoms with E-state index in [4.69, 9.17) is 24.4 Å². The predicted octanol–water partition coefficient (Wildman–Crippen LogP) is 2.89. The van der Waals surface area contributed by atoms with Gasteiger partial charge in [0.15, 0.2) is 17.0 Å². The van der Waals surface area contributed by atoms with Crippen molar-refractivity contribution in [2.45, 2.75) is 56.6 Å². The number of imidazole rings is 1. The van der Waals surface area contributed by atoms with Gasteiger partial charge in [-0.2, -0.15) is 20.2 Å². The third-order valence-corrected chi connectivity index (χ3v) is 8.46. The van der Waals surface area contributed by atoms with Gasteiger partial charge in [0.2, 0.25) is 0 Å². The monoisotopic (exact) mass is 501 g/mol. The van der Waals surface area contributed by atoms with Crippen molar-refractivity contribution in [1.82, 2.24) is 39.5 Å². The maximum atomic E-state index is 6.47. The normalized spacial score (nSPS) is 27.5. The highest BCUT2D eigenvalue weighted by Gasteiger charge is 2.47. The quantitative estimate of drug-likeness (QED) is 0.429. The lowest BCUT2D eigenvalue weighted by molar-refractivity contribution is -0.0763. The van der Waals surface area contributed by atoms with Crippen molar-refractivity contribution in [3.8, 4) is 5.95 Å². The summed E-state index contributed by atoms with van der Waals surface area (Å²) in [6.45, 7) is 6.47. The molecule has 0 amide bonds. The number of aromatic amines is 1. The summed E-state index contributed by atoms with van der Waals surface area (Å²) < 4.78 is 16.2. The molecule has 4 aromatic rings. The fourth-order valence-corrected chi connectivity index (χ4v) is 6.18. The van der Waals surface area contributed by atoms with Crippen LogP contribution in [0.1, 0.15) is 61.4 Å². The summed E-state index contributed by atoms with van der Waals surface area (Å²) in [4.78, 5) is 17.6. The van der Waals surface area contributed by atoms with E-state index in [1.165, 1.54) is 24.0 Å². The number of rotatable bonds is 6. The first-order chi connectivity index (χ1) is 18.2. The highest BCUT2D eigenvalue weighted by Crippen LogP contribution is 2.54. The van der Waals surface area contributed by atoms with Crippen molar-refractivity contribution in [1.29, 1.82) is 0 Å². The van der Waals surface area contributed by atoms with Gasteiger partial charge < -0.3 is 18.9 Å². The molecule has 1 N–H and O–H groups in total. The molecule has 0 radical (unpaired) electrons. The fraction of sp³-hybridized carbons (Fsp3) is 0.577. The van der Waals surface area contributed by atoms with Gasteiger partial charge in [-0.05, 0) is 61.5 Å². The summed E-state index contributed by atoms with van der Waals surface area (Å²) >= 11 is 0. The lowest BCUT2D eigenvalue weighted by atomic mass is 9.95. The summed E-state index contributed by atoms with van der Waals surface area (Å²) in [7, 11) is 0. The van der Waals surface area contributed by atoms with E-state index in [0.717, 1.165) is 55.3 Å². The average molecular weight is 502 g/mol. The minimum Gasteiger partial charge on any atom is -0.378 e. The summed E-state index contributed by atoms with van der Waals surface area (Å²) in [6.07, 6.45) is 12.6. The third-order valence-electron chi connectivity index (χ3n) is 8.46. The molecule has 1 saturated heterocycles. The zero-order chi connectivity index (χ0) is 24.6. The summed E-state index contributed by atoms with van der Waals surface area (Å²) in [5.41, 5.74) is 3.78. The van der Waals surface area contributed by atoms with Crippen molar-refractivity contribution in [2.24, 2.45) is 5.92 Å². The third kappa shape index (κ3) is 3.66. The van der Waals surface area contributed by atoms with Gasteiger partial charge in [-0.25, -0.2) is 9.67 Å². The molecule has 2 saturated carbocycles. The van der Waals surface area contributed by atoms with Crippen LogP contribution in [0.25, 0.3) is 17.1 Å². The Morgan fingerprint density at radius 2 is 1.95 bits per heavy atom. The molecule has 3 atom stereocenters. The van der Waals surface area contributed by atoms with Gasteiger partial charge in [-0.3, -0.25) is 5.10 Å². The van der Waals surface area contributed by atoms with Crippen LogP contribution >= 0.6 is 0 Å². The van der Waals surface area contributed by atoms with Gasteiger partial charge in [-0.1, -0.05) is 0 Å². The molecule has 0 spiro atoms. The number of hydrogen-bond acceptors (Lipinski definition) is 8. The molecule has 6 heterocycles. The maximum absolute atomic E-state index is 6.47. The van der Waals surface area contributed by atoms with E-state index < -0.39 is 5.60 Å². The molecule has 2 aliphatic carbocycles. The first-order valence-electron chi connectivity index (χ1n) is 13.5. The Kier molecular flexibility index (Phi) is 4.76. The number of anilines is 1. The SMILES string of the molecule is CC1(CC2CC2c2cn[nH]c2)OCCn2c1nc1c(N3CCOCC3)nc(-n3cc(C4CC4)cn3)nc12. The number of ether oxygens (including phenoxy) is 2. The molecule has 4 aliphatic rings. The van der Waals surface area contributed by atoms with E-state index in [2.05, 4.69) is 37.9 Å². The maximum Gasteiger partial charge on any atom is 0.254 e. The Morgan fingerprint density at radius 3 is 2.76 bits per heavy atom. The lowest BCUT2D eigenvalue weighted by Crippen LogP contribution is -2.37. The Balaban J connectivity index is 1.21. The molecule has 3 unspecified atom stereocenters. The van der Waals surface area contributed by atoms with Crippen LogP contribution in [0.4, 0.5) is 5.82 Å². The van der Waals surface area contributed by atoms with Gasteiger partial charge in [0.1, 0.15) is 11.4 Å². The number of fused-ring (bicyclic) bond motifs is 3. The summed E-state index contributed by atoms with van der Waals surface area (Å²) in [5.74, 6) is 4.13. The second kappa shape index (κ2) is 8.09. The van der Waals surface area contributed by atoms with Crippen LogP contribution in [0.3, 0.4) is 0 Å². The van der Waals surface area contributed by atoms with Crippen LogP contribution in [0.15, 0.2) is 24.8 Å². The molecule has 2 aliphatic heterocycles. The topological polar surface area (TPSA) is 112 Å². The first-order valence-corrected chi connectivity index (χ1v) is 13.5. The van der Waals surface area contributed by atoms with E-state index in [-0.39, 0.29) is 0 Å². The molecule has 37 heavy (non-hydrogen) atoms. The summed E-state index contributed by atoms with van der Waals surface area (Å²) in [6, 6.07) is 0. The number of morpholine rings is 1. The molecular weight excluding hydrogens is 470 g/mol. The molecule has 8 rings (SSSR count). The molecule has 0 aromatic carbocycles. The van der Waals surface area contributed by atoms with E-state index in [9.17, 15) is 0 Å². The lowest BCUT2D eigenvalue weighted by Gasteiger charge is -2.34. The second-order valence-corrected chi connectivity index (χ2v) is 11.1. The van der Waals surface area contributed by atoms with Crippen LogP contribution in [-0.2, 0) is 21.6 Å². The molecule has 0 bridgehead atoms. The Morgan fingerprint density at radius 1 is 1.05 bits per heavy atom.